The van der Waals surface area contributed by atoms with E-state index in [4.69, 9.17) is 4.74 Å². The molecule has 3 rings (SSSR count). The highest BCUT2D eigenvalue weighted by Gasteiger charge is 2.23. The molecule has 142 valence electrons. The molecule has 0 radical (unpaired) electrons. The minimum atomic E-state index is -0.0641. The first-order valence-corrected chi connectivity index (χ1v) is 9.18. The number of hydrogen-bond donors (Lipinski definition) is 1. The second kappa shape index (κ2) is 8.77. The molecule has 0 aliphatic carbocycles. The van der Waals surface area contributed by atoms with Crippen molar-refractivity contribution in [3.8, 4) is 11.3 Å². The summed E-state index contributed by atoms with van der Waals surface area (Å²) in [4.78, 5) is 30.0. The smallest absolute Gasteiger partial charge is 0.253 e. The van der Waals surface area contributed by atoms with Crippen molar-refractivity contribution in [2.45, 2.75) is 32.4 Å². The Labute approximate surface area is 159 Å². The van der Waals surface area contributed by atoms with Crippen LogP contribution in [0.1, 0.15) is 35.7 Å². The summed E-state index contributed by atoms with van der Waals surface area (Å²) in [5, 5.41) is 2.75. The predicted octanol–water partition coefficient (Wildman–Crippen LogP) is 2.64. The number of carbonyl (C=O) groups is 2. The summed E-state index contributed by atoms with van der Waals surface area (Å²) in [6, 6.07) is 11.4. The van der Waals surface area contributed by atoms with Gasteiger partial charge in [-0.1, -0.05) is 18.2 Å². The molecule has 27 heavy (non-hydrogen) atoms. The van der Waals surface area contributed by atoms with Crippen LogP contribution in [0.15, 0.2) is 42.6 Å². The Bertz CT molecular complexity index is 779. The first-order valence-electron chi connectivity index (χ1n) is 9.18. The zero-order valence-corrected chi connectivity index (χ0v) is 15.8. The van der Waals surface area contributed by atoms with Crippen molar-refractivity contribution in [1.82, 2.24) is 15.2 Å². The van der Waals surface area contributed by atoms with Gasteiger partial charge in [0.05, 0.1) is 11.8 Å². The molecule has 6 heteroatoms. The normalized spacial score (nSPS) is 14.8. The maximum atomic E-state index is 12.6. The highest BCUT2D eigenvalue weighted by molar-refractivity contribution is 5.94. The van der Waals surface area contributed by atoms with Gasteiger partial charge in [-0.3, -0.25) is 14.6 Å². The lowest BCUT2D eigenvalue weighted by Gasteiger charge is -2.31. The van der Waals surface area contributed by atoms with Crippen LogP contribution in [-0.2, 0) is 16.1 Å². The molecule has 6 nitrogen and oxygen atoms in total. The fraction of sp³-hybridized carbons (Fsp3) is 0.381. The van der Waals surface area contributed by atoms with Crippen molar-refractivity contribution >= 4 is 11.8 Å². The Balaban J connectivity index is 1.63. The highest BCUT2D eigenvalue weighted by Crippen LogP contribution is 2.20. The summed E-state index contributed by atoms with van der Waals surface area (Å²) >= 11 is 0. The molecule has 1 fully saturated rings. The lowest BCUT2D eigenvalue weighted by atomic mass is 10.0. The van der Waals surface area contributed by atoms with Gasteiger partial charge in [0, 0.05) is 51.0 Å². The van der Waals surface area contributed by atoms with Gasteiger partial charge in [0.25, 0.3) is 5.91 Å². The zero-order valence-electron chi connectivity index (χ0n) is 15.8. The Morgan fingerprint density at radius 1 is 1.15 bits per heavy atom. The van der Waals surface area contributed by atoms with Crippen LogP contribution in [0.5, 0.6) is 0 Å². The molecule has 0 bridgehead atoms. The average molecular weight is 367 g/mol. The van der Waals surface area contributed by atoms with Crippen LogP contribution in [0, 0.1) is 0 Å². The van der Waals surface area contributed by atoms with Crippen molar-refractivity contribution < 1.29 is 14.3 Å². The Kier molecular flexibility index (Phi) is 6.19. The number of rotatable bonds is 5. The zero-order chi connectivity index (χ0) is 19.2. The summed E-state index contributed by atoms with van der Waals surface area (Å²) in [7, 11) is 1.72. The van der Waals surface area contributed by atoms with E-state index in [1.807, 2.05) is 41.3 Å². The molecule has 1 aromatic carbocycles. The second-order valence-corrected chi connectivity index (χ2v) is 6.77. The summed E-state index contributed by atoms with van der Waals surface area (Å²) in [6.07, 6.45) is 3.78. The summed E-state index contributed by atoms with van der Waals surface area (Å²) in [6.45, 7) is 3.42. The van der Waals surface area contributed by atoms with Crippen LogP contribution < -0.4 is 5.32 Å². The Morgan fingerprint density at radius 2 is 1.85 bits per heavy atom. The van der Waals surface area contributed by atoms with Gasteiger partial charge in [0.1, 0.15) is 0 Å². The van der Waals surface area contributed by atoms with Crippen LogP contribution in [0.2, 0.25) is 0 Å². The number of amides is 2. The van der Waals surface area contributed by atoms with Crippen molar-refractivity contribution in [3.63, 3.8) is 0 Å². The predicted molar refractivity (Wildman–Crippen MR) is 103 cm³/mol. The molecule has 1 aliphatic rings. The van der Waals surface area contributed by atoms with Crippen molar-refractivity contribution in [1.29, 1.82) is 0 Å². The molecule has 1 aliphatic heterocycles. The molecule has 2 aromatic rings. The number of benzene rings is 1. The molecular weight excluding hydrogens is 342 g/mol. The third-order valence-corrected chi connectivity index (χ3v) is 4.86. The van der Waals surface area contributed by atoms with Crippen LogP contribution in [0.25, 0.3) is 11.3 Å². The van der Waals surface area contributed by atoms with E-state index in [2.05, 4.69) is 10.3 Å². The van der Waals surface area contributed by atoms with Gasteiger partial charge in [-0.05, 0) is 36.6 Å². The second-order valence-electron chi connectivity index (χ2n) is 6.77. The van der Waals surface area contributed by atoms with E-state index in [9.17, 15) is 9.59 Å². The van der Waals surface area contributed by atoms with E-state index < -0.39 is 0 Å². The maximum Gasteiger partial charge on any atom is 0.253 e. The minimum Gasteiger partial charge on any atom is -0.381 e. The fourth-order valence-corrected chi connectivity index (χ4v) is 3.19. The van der Waals surface area contributed by atoms with E-state index in [1.54, 1.807) is 13.3 Å². The van der Waals surface area contributed by atoms with Gasteiger partial charge in [-0.25, -0.2) is 0 Å². The monoisotopic (exact) mass is 367 g/mol. The average Bonchev–Trinajstić information content (AvgIpc) is 2.72. The molecule has 1 saturated heterocycles. The lowest BCUT2D eigenvalue weighted by Crippen LogP contribution is -2.40. The number of nitrogens with one attached hydrogen (secondary N) is 1. The fourth-order valence-electron chi connectivity index (χ4n) is 3.19. The van der Waals surface area contributed by atoms with Crippen molar-refractivity contribution in [3.05, 3.63) is 53.7 Å². The summed E-state index contributed by atoms with van der Waals surface area (Å²) in [5.41, 5.74) is 3.43. The molecule has 0 unspecified atom stereocenters. The van der Waals surface area contributed by atoms with Crippen LogP contribution in [0.4, 0.5) is 0 Å². The number of pyridine rings is 1. The number of piperidine rings is 1. The van der Waals surface area contributed by atoms with E-state index in [0.29, 0.717) is 12.1 Å². The number of likely N-dealkylation sites (tertiary alicyclic amines) is 1. The molecule has 1 N–H and O–H groups in total. The van der Waals surface area contributed by atoms with Gasteiger partial charge >= 0.3 is 0 Å². The topological polar surface area (TPSA) is 71.5 Å². The number of hydrogen-bond acceptors (Lipinski definition) is 4. The maximum absolute atomic E-state index is 12.6. The molecular formula is C21H25N3O3. The number of aromatic nitrogens is 1. The molecule has 0 saturated carbocycles. The quantitative estimate of drug-likeness (QED) is 0.882. The SMILES string of the molecule is COC1CCN(C(=O)c2ccc(-c3ccc(CNC(C)=O)cn3)cc2)CC1. The summed E-state index contributed by atoms with van der Waals surface area (Å²) < 4.78 is 5.36. The molecule has 2 heterocycles. The van der Waals surface area contributed by atoms with Gasteiger partial charge in [-0.2, -0.15) is 0 Å². The van der Waals surface area contributed by atoms with E-state index >= 15 is 0 Å². The number of methoxy groups -OCH3 is 1. The lowest BCUT2D eigenvalue weighted by molar-refractivity contribution is -0.119. The van der Waals surface area contributed by atoms with E-state index in [0.717, 1.165) is 42.8 Å². The molecule has 1 aromatic heterocycles. The first kappa shape index (κ1) is 19.0. The minimum absolute atomic E-state index is 0.0641. The van der Waals surface area contributed by atoms with Crippen LogP contribution in [0.3, 0.4) is 0 Å². The van der Waals surface area contributed by atoms with Gasteiger partial charge in [0.2, 0.25) is 5.91 Å². The third kappa shape index (κ3) is 4.92. The Hall–Kier alpha value is -2.73. The van der Waals surface area contributed by atoms with Gasteiger partial charge in [0.15, 0.2) is 0 Å². The highest BCUT2D eigenvalue weighted by atomic mass is 16.5. The van der Waals surface area contributed by atoms with Crippen LogP contribution in [-0.4, -0.2) is 48.0 Å². The first-order chi connectivity index (χ1) is 13.1. The molecule has 2 amide bonds. The van der Waals surface area contributed by atoms with E-state index in [1.165, 1.54) is 6.92 Å². The van der Waals surface area contributed by atoms with Gasteiger partial charge in [-0.15, -0.1) is 0 Å². The van der Waals surface area contributed by atoms with Crippen LogP contribution >= 0.6 is 0 Å². The summed E-state index contributed by atoms with van der Waals surface area (Å²) in [5.74, 6) is 0.000459. The van der Waals surface area contributed by atoms with E-state index in [-0.39, 0.29) is 17.9 Å². The third-order valence-electron chi connectivity index (χ3n) is 4.86. The molecule has 0 atom stereocenters. The largest absolute Gasteiger partial charge is 0.381 e. The number of ether oxygens (including phenoxy) is 1. The number of nitrogens with zero attached hydrogens (tertiary/aromatic N) is 2. The number of carbonyl (C=O) groups excluding carboxylic acids is 2. The standard InChI is InChI=1S/C21H25N3O3/c1-15(25)22-13-16-3-8-20(23-14-16)17-4-6-18(7-5-17)21(26)24-11-9-19(27-2)10-12-24/h3-8,14,19H,9-13H2,1-2H3,(H,22,25). The van der Waals surface area contributed by atoms with Crippen molar-refractivity contribution in [2.75, 3.05) is 20.2 Å². The van der Waals surface area contributed by atoms with Crippen molar-refractivity contribution in [2.24, 2.45) is 0 Å². The van der Waals surface area contributed by atoms with Gasteiger partial charge < -0.3 is 15.0 Å². The Morgan fingerprint density at radius 3 is 2.41 bits per heavy atom. The molecule has 0 spiro atoms.